The summed E-state index contributed by atoms with van der Waals surface area (Å²) >= 11 is 0. The fraction of sp³-hybridized carbons (Fsp3) is 0.167. The standard InChI is InChI=1S/C5H6O.CH2O/c1-2-4-6-5-3-1;1-2/h1-4H,5H2;1H2. The van der Waals surface area contributed by atoms with Gasteiger partial charge in [-0.3, -0.25) is 0 Å². The summed E-state index contributed by atoms with van der Waals surface area (Å²) in [4.78, 5) is 8.00. The van der Waals surface area contributed by atoms with E-state index in [0.29, 0.717) is 0 Å². The summed E-state index contributed by atoms with van der Waals surface area (Å²) in [5.41, 5.74) is 0. The van der Waals surface area contributed by atoms with Crippen LogP contribution in [0.4, 0.5) is 0 Å². The maximum Gasteiger partial charge on any atom is 0.106 e. The maximum absolute atomic E-state index is 8.00. The molecule has 0 spiro atoms. The highest BCUT2D eigenvalue weighted by Gasteiger charge is 1.75. The highest BCUT2D eigenvalue weighted by Crippen LogP contribution is 1.87. The summed E-state index contributed by atoms with van der Waals surface area (Å²) in [7, 11) is 0. The molecule has 0 fully saturated rings. The SMILES string of the molecule is C1=CCOC=C1.C=O. The molecule has 2 heteroatoms. The fourth-order valence-corrected chi connectivity index (χ4v) is 0.346. The molecule has 0 amide bonds. The van der Waals surface area contributed by atoms with E-state index in [4.69, 9.17) is 9.53 Å². The molecular formula is C6H8O2. The molecule has 0 N–H and O–H groups in total. The van der Waals surface area contributed by atoms with Crippen LogP contribution in [-0.2, 0) is 9.53 Å². The molecule has 1 heterocycles. The summed E-state index contributed by atoms with van der Waals surface area (Å²) in [6, 6.07) is 0. The summed E-state index contributed by atoms with van der Waals surface area (Å²) in [6.07, 6.45) is 7.47. The van der Waals surface area contributed by atoms with Gasteiger partial charge in [-0.25, -0.2) is 0 Å². The maximum atomic E-state index is 8.00. The first kappa shape index (κ1) is 6.95. The van der Waals surface area contributed by atoms with Crippen LogP contribution in [0.15, 0.2) is 24.5 Å². The largest absolute Gasteiger partial charge is 0.497 e. The summed E-state index contributed by atoms with van der Waals surface area (Å²) in [5, 5.41) is 0. The first-order valence-corrected chi connectivity index (χ1v) is 2.22. The molecule has 1 aliphatic heterocycles. The van der Waals surface area contributed by atoms with Crippen LogP contribution in [0, 0.1) is 0 Å². The van der Waals surface area contributed by atoms with Crippen LogP contribution >= 0.6 is 0 Å². The van der Waals surface area contributed by atoms with Gasteiger partial charge in [-0.15, -0.1) is 0 Å². The average molecular weight is 112 g/mol. The van der Waals surface area contributed by atoms with Crippen LogP contribution in [0.25, 0.3) is 0 Å². The van der Waals surface area contributed by atoms with E-state index in [9.17, 15) is 0 Å². The Bertz CT molecular complexity index is 82.7. The predicted octanol–water partition coefficient (Wildman–Crippen LogP) is 0.902. The minimum atomic E-state index is 0.733. The van der Waals surface area contributed by atoms with Crippen molar-refractivity contribution < 1.29 is 9.53 Å². The molecule has 0 saturated carbocycles. The molecule has 2 nitrogen and oxygen atoms in total. The van der Waals surface area contributed by atoms with Crippen molar-refractivity contribution in [3.8, 4) is 0 Å². The first-order chi connectivity index (χ1) is 4.00. The van der Waals surface area contributed by atoms with Gasteiger partial charge in [0.25, 0.3) is 0 Å². The molecule has 0 unspecified atom stereocenters. The van der Waals surface area contributed by atoms with E-state index in [1.54, 1.807) is 6.26 Å². The molecule has 0 atom stereocenters. The Balaban J connectivity index is 0.000000222. The smallest absolute Gasteiger partial charge is 0.106 e. The molecule has 0 radical (unpaired) electrons. The van der Waals surface area contributed by atoms with Gasteiger partial charge in [-0.2, -0.15) is 0 Å². The van der Waals surface area contributed by atoms with E-state index in [2.05, 4.69) is 0 Å². The number of hydrogen-bond donors (Lipinski definition) is 0. The Morgan fingerprint density at radius 3 is 2.25 bits per heavy atom. The van der Waals surface area contributed by atoms with Gasteiger partial charge in [-0.1, -0.05) is 6.08 Å². The second-order valence-corrected chi connectivity index (χ2v) is 1.09. The van der Waals surface area contributed by atoms with E-state index in [-0.39, 0.29) is 0 Å². The van der Waals surface area contributed by atoms with Crippen LogP contribution in [0.2, 0.25) is 0 Å². The number of hydrogen-bond acceptors (Lipinski definition) is 2. The number of rotatable bonds is 0. The second-order valence-electron chi connectivity index (χ2n) is 1.09. The Morgan fingerprint density at radius 2 is 2.12 bits per heavy atom. The minimum Gasteiger partial charge on any atom is -0.497 e. The summed E-state index contributed by atoms with van der Waals surface area (Å²) < 4.78 is 4.80. The van der Waals surface area contributed by atoms with Crippen LogP contribution in [0.1, 0.15) is 0 Å². The summed E-state index contributed by atoms with van der Waals surface area (Å²) in [5.74, 6) is 0. The van der Waals surface area contributed by atoms with Crippen molar-refractivity contribution in [3.63, 3.8) is 0 Å². The lowest BCUT2D eigenvalue weighted by molar-refractivity contribution is -0.0979. The molecule has 0 saturated heterocycles. The third kappa shape index (κ3) is 3.15. The molecule has 8 heavy (non-hydrogen) atoms. The van der Waals surface area contributed by atoms with Crippen LogP contribution in [0.3, 0.4) is 0 Å². The molecule has 0 aliphatic carbocycles. The monoisotopic (exact) mass is 112 g/mol. The lowest BCUT2D eigenvalue weighted by Gasteiger charge is -1.94. The third-order valence-electron chi connectivity index (χ3n) is 0.614. The van der Waals surface area contributed by atoms with Crippen molar-refractivity contribution in [1.29, 1.82) is 0 Å². The second kappa shape index (κ2) is 5.95. The Kier molecular flexibility index (Phi) is 5.17. The third-order valence-corrected chi connectivity index (χ3v) is 0.614. The number of carbonyl (C=O) groups is 1. The first-order valence-electron chi connectivity index (χ1n) is 2.22. The molecule has 1 rings (SSSR count). The van der Waals surface area contributed by atoms with Gasteiger partial charge < -0.3 is 9.53 Å². The highest BCUT2D eigenvalue weighted by atomic mass is 16.5. The van der Waals surface area contributed by atoms with Crippen LogP contribution in [-0.4, -0.2) is 13.4 Å². The lowest BCUT2D eigenvalue weighted by Crippen LogP contribution is -1.82. The number of ether oxygens (including phenoxy) is 1. The van der Waals surface area contributed by atoms with E-state index in [1.807, 2.05) is 25.0 Å². The van der Waals surface area contributed by atoms with Gasteiger partial charge in [0.2, 0.25) is 0 Å². The number of allylic oxidation sites excluding steroid dienone is 2. The summed E-state index contributed by atoms with van der Waals surface area (Å²) in [6.45, 7) is 2.73. The van der Waals surface area contributed by atoms with Gasteiger partial charge in [0.1, 0.15) is 13.4 Å². The molecule has 1 aliphatic rings. The molecular weight excluding hydrogens is 104 g/mol. The zero-order valence-electron chi connectivity index (χ0n) is 4.54. The zero-order valence-corrected chi connectivity index (χ0v) is 4.54. The Hall–Kier alpha value is -1.05. The average Bonchev–Trinajstić information content (AvgIpc) is 1.96. The van der Waals surface area contributed by atoms with Gasteiger partial charge in [0.05, 0.1) is 6.26 Å². The van der Waals surface area contributed by atoms with Crippen molar-refractivity contribution in [2.75, 3.05) is 6.61 Å². The topological polar surface area (TPSA) is 26.3 Å². The van der Waals surface area contributed by atoms with Crippen molar-refractivity contribution in [2.24, 2.45) is 0 Å². The van der Waals surface area contributed by atoms with Gasteiger partial charge in [-0.05, 0) is 12.2 Å². The molecule has 0 aromatic heterocycles. The van der Waals surface area contributed by atoms with E-state index >= 15 is 0 Å². The van der Waals surface area contributed by atoms with Crippen molar-refractivity contribution in [1.82, 2.24) is 0 Å². The van der Waals surface area contributed by atoms with Crippen molar-refractivity contribution >= 4 is 6.79 Å². The highest BCUT2D eigenvalue weighted by molar-refractivity contribution is 5.11. The zero-order chi connectivity index (χ0) is 6.24. The molecule has 44 valence electrons. The molecule has 0 aromatic rings. The van der Waals surface area contributed by atoms with Crippen molar-refractivity contribution in [2.45, 2.75) is 0 Å². The minimum absolute atomic E-state index is 0.733. The van der Waals surface area contributed by atoms with Crippen molar-refractivity contribution in [3.05, 3.63) is 24.5 Å². The fourth-order valence-electron chi connectivity index (χ4n) is 0.346. The van der Waals surface area contributed by atoms with E-state index in [1.165, 1.54) is 0 Å². The van der Waals surface area contributed by atoms with Crippen LogP contribution in [0.5, 0.6) is 0 Å². The molecule has 0 aromatic carbocycles. The van der Waals surface area contributed by atoms with Crippen LogP contribution < -0.4 is 0 Å². The van der Waals surface area contributed by atoms with E-state index < -0.39 is 0 Å². The normalized spacial score (nSPS) is 13.5. The quantitative estimate of drug-likeness (QED) is 0.465. The Morgan fingerprint density at radius 1 is 1.38 bits per heavy atom. The molecule has 0 bridgehead atoms. The predicted molar refractivity (Wildman–Crippen MR) is 31.4 cm³/mol. The van der Waals surface area contributed by atoms with E-state index in [0.717, 1.165) is 6.61 Å². The lowest BCUT2D eigenvalue weighted by atomic mass is 10.5. The Labute approximate surface area is 48.5 Å². The van der Waals surface area contributed by atoms with Gasteiger partial charge in [0, 0.05) is 0 Å². The number of carbonyl (C=O) groups excluding carboxylic acids is 1. The van der Waals surface area contributed by atoms with Gasteiger partial charge >= 0.3 is 0 Å². The van der Waals surface area contributed by atoms with Gasteiger partial charge in [0.15, 0.2) is 0 Å².